The molecule has 4 nitrogen and oxygen atoms in total. The topological polar surface area (TPSA) is 46.9 Å². The van der Waals surface area contributed by atoms with Crippen molar-refractivity contribution in [2.45, 2.75) is 39.7 Å². The zero-order valence-electron chi connectivity index (χ0n) is 12.8. The number of rotatable bonds is 4. The largest absolute Gasteiger partial charge is 0.349 e. The Morgan fingerprint density at radius 3 is 2.48 bits per heavy atom. The van der Waals surface area contributed by atoms with Crippen LogP contribution in [-0.4, -0.2) is 21.7 Å². The molecule has 21 heavy (non-hydrogen) atoms. The van der Waals surface area contributed by atoms with Gasteiger partial charge in [-0.2, -0.15) is 5.10 Å². The van der Waals surface area contributed by atoms with Crippen molar-refractivity contribution < 1.29 is 4.79 Å². The fourth-order valence-corrected chi connectivity index (χ4v) is 2.65. The highest BCUT2D eigenvalue weighted by Gasteiger charge is 2.29. The van der Waals surface area contributed by atoms with E-state index in [1.54, 1.807) is 0 Å². The second-order valence-electron chi connectivity index (χ2n) is 5.99. The first-order valence-electron chi connectivity index (χ1n) is 7.49. The van der Waals surface area contributed by atoms with E-state index in [0.29, 0.717) is 11.5 Å². The van der Waals surface area contributed by atoms with Crippen LogP contribution in [0.2, 0.25) is 0 Å². The Labute approximate surface area is 125 Å². The molecule has 1 aliphatic carbocycles. The molecule has 0 bridgehead atoms. The highest BCUT2D eigenvalue weighted by atomic mass is 16.1. The van der Waals surface area contributed by atoms with E-state index in [1.165, 1.54) is 12.8 Å². The molecule has 1 saturated carbocycles. The molecule has 1 atom stereocenters. The predicted octanol–water partition coefficient (Wildman–Crippen LogP) is 3.02. The van der Waals surface area contributed by atoms with E-state index in [4.69, 9.17) is 0 Å². The normalized spacial score (nSPS) is 15.8. The zero-order valence-corrected chi connectivity index (χ0v) is 12.8. The highest BCUT2D eigenvalue weighted by molar-refractivity contribution is 5.94. The monoisotopic (exact) mass is 283 g/mol. The first kappa shape index (κ1) is 13.9. The van der Waals surface area contributed by atoms with Gasteiger partial charge in [-0.05, 0) is 69.9 Å². The van der Waals surface area contributed by atoms with Crippen LogP contribution < -0.4 is 5.32 Å². The molecule has 4 heteroatoms. The molecule has 0 radical (unpaired) electrons. The van der Waals surface area contributed by atoms with E-state index in [2.05, 4.69) is 17.3 Å². The van der Waals surface area contributed by atoms with Gasteiger partial charge in [-0.15, -0.1) is 0 Å². The van der Waals surface area contributed by atoms with Gasteiger partial charge in [-0.25, -0.2) is 4.68 Å². The number of aryl methyl sites for hydroxylation is 2. The summed E-state index contributed by atoms with van der Waals surface area (Å²) in [4.78, 5) is 12.2. The fraction of sp³-hybridized carbons (Fsp3) is 0.412. The van der Waals surface area contributed by atoms with Crippen molar-refractivity contribution in [1.29, 1.82) is 0 Å². The predicted molar refractivity (Wildman–Crippen MR) is 82.7 cm³/mol. The maximum Gasteiger partial charge on any atom is 0.251 e. The first-order valence-corrected chi connectivity index (χ1v) is 7.49. The Bertz CT molecular complexity index is 653. The number of hydrogen-bond donors (Lipinski definition) is 1. The average Bonchev–Trinajstić information content (AvgIpc) is 3.24. The van der Waals surface area contributed by atoms with E-state index in [-0.39, 0.29) is 11.9 Å². The first-order chi connectivity index (χ1) is 10.0. The molecule has 1 aliphatic rings. The second-order valence-corrected chi connectivity index (χ2v) is 5.99. The van der Waals surface area contributed by atoms with Crippen LogP contribution in [0.5, 0.6) is 0 Å². The van der Waals surface area contributed by atoms with Crippen LogP contribution in [0.1, 0.15) is 41.5 Å². The number of aromatic nitrogens is 2. The quantitative estimate of drug-likeness (QED) is 0.937. The van der Waals surface area contributed by atoms with E-state index in [1.807, 2.05) is 48.9 Å². The van der Waals surface area contributed by atoms with Gasteiger partial charge in [0, 0.05) is 17.3 Å². The molecule has 1 fully saturated rings. The average molecular weight is 283 g/mol. The van der Waals surface area contributed by atoms with Crippen molar-refractivity contribution in [3.8, 4) is 5.69 Å². The van der Waals surface area contributed by atoms with Gasteiger partial charge in [-0.1, -0.05) is 0 Å². The third kappa shape index (κ3) is 2.99. The molecule has 0 unspecified atom stereocenters. The third-order valence-electron chi connectivity index (χ3n) is 4.07. The van der Waals surface area contributed by atoms with Gasteiger partial charge in [0.25, 0.3) is 5.91 Å². The molecule has 1 heterocycles. The van der Waals surface area contributed by atoms with Crippen molar-refractivity contribution in [3.63, 3.8) is 0 Å². The molecule has 0 spiro atoms. The Balaban J connectivity index is 1.74. The summed E-state index contributed by atoms with van der Waals surface area (Å²) in [5.74, 6) is 0.678. The Morgan fingerprint density at radius 1 is 1.29 bits per heavy atom. The molecular weight excluding hydrogens is 262 g/mol. The molecule has 3 rings (SSSR count). The molecule has 1 amide bonds. The number of carbonyl (C=O) groups is 1. The number of benzene rings is 1. The summed E-state index contributed by atoms with van der Waals surface area (Å²) in [5.41, 5.74) is 3.76. The van der Waals surface area contributed by atoms with E-state index in [0.717, 1.165) is 17.1 Å². The van der Waals surface area contributed by atoms with Crippen LogP contribution in [-0.2, 0) is 0 Å². The fourth-order valence-electron chi connectivity index (χ4n) is 2.65. The maximum atomic E-state index is 12.2. The molecule has 0 saturated heterocycles. The van der Waals surface area contributed by atoms with E-state index < -0.39 is 0 Å². The lowest BCUT2D eigenvalue weighted by molar-refractivity contribution is 0.0936. The van der Waals surface area contributed by atoms with Gasteiger partial charge in [0.15, 0.2) is 0 Å². The van der Waals surface area contributed by atoms with Gasteiger partial charge in [0.1, 0.15) is 0 Å². The lowest BCUT2D eigenvalue weighted by Gasteiger charge is -2.13. The second kappa shape index (κ2) is 5.35. The van der Waals surface area contributed by atoms with Crippen LogP contribution in [0.15, 0.2) is 30.3 Å². The molecule has 1 N–H and O–H groups in total. The summed E-state index contributed by atoms with van der Waals surface area (Å²) in [5, 5.41) is 7.52. The summed E-state index contributed by atoms with van der Waals surface area (Å²) in [6, 6.07) is 9.92. The van der Waals surface area contributed by atoms with Crippen molar-refractivity contribution in [2.75, 3.05) is 0 Å². The van der Waals surface area contributed by atoms with Gasteiger partial charge >= 0.3 is 0 Å². The van der Waals surface area contributed by atoms with Crippen LogP contribution in [0.3, 0.4) is 0 Å². The van der Waals surface area contributed by atoms with Crippen molar-refractivity contribution >= 4 is 5.91 Å². The number of carbonyl (C=O) groups excluding carboxylic acids is 1. The molecule has 110 valence electrons. The molecule has 1 aromatic heterocycles. The minimum absolute atomic E-state index is 0.00863. The minimum atomic E-state index is 0.00863. The molecule has 2 aromatic rings. The number of amides is 1. The van der Waals surface area contributed by atoms with Crippen LogP contribution in [0.4, 0.5) is 0 Å². The highest BCUT2D eigenvalue weighted by Crippen LogP contribution is 2.32. The summed E-state index contributed by atoms with van der Waals surface area (Å²) in [7, 11) is 0. The summed E-state index contributed by atoms with van der Waals surface area (Å²) in [6.07, 6.45) is 2.47. The standard InChI is InChI=1S/C17H21N3O/c1-11-10-12(2)20(19-11)16-8-6-15(7-9-16)17(21)18-13(3)14-4-5-14/h6-10,13-14H,4-5H2,1-3H3,(H,18,21)/t13-/m0/s1. The Hall–Kier alpha value is -2.10. The van der Waals surface area contributed by atoms with Crippen molar-refractivity contribution in [1.82, 2.24) is 15.1 Å². The number of hydrogen-bond acceptors (Lipinski definition) is 2. The van der Waals surface area contributed by atoms with Gasteiger partial charge < -0.3 is 5.32 Å². The lowest BCUT2D eigenvalue weighted by atomic mass is 10.1. The minimum Gasteiger partial charge on any atom is -0.349 e. The lowest BCUT2D eigenvalue weighted by Crippen LogP contribution is -2.33. The zero-order chi connectivity index (χ0) is 15.0. The third-order valence-corrected chi connectivity index (χ3v) is 4.07. The molecular formula is C17H21N3O. The maximum absolute atomic E-state index is 12.2. The van der Waals surface area contributed by atoms with E-state index in [9.17, 15) is 4.79 Å². The Morgan fingerprint density at radius 2 is 1.95 bits per heavy atom. The van der Waals surface area contributed by atoms with Gasteiger partial charge in [-0.3, -0.25) is 4.79 Å². The van der Waals surface area contributed by atoms with Crippen molar-refractivity contribution in [3.05, 3.63) is 47.3 Å². The molecule has 1 aromatic carbocycles. The number of nitrogens with zero attached hydrogens (tertiary/aromatic N) is 2. The summed E-state index contributed by atoms with van der Waals surface area (Å²) in [6.45, 7) is 6.09. The summed E-state index contributed by atoms with van der Waals surface area (Å²) >= 11 is 0. The van der Waals surface area contributed by atoms with E-state index >= 15 is 0 Å². The van der Waals surface area contributed by atoms with Crippen molar-refractivity contribution in [2.24, 2.45) is 5.92 Å². The van der Waals surface area contributed by atoms with Crippen LogP contribution in [0, 0.1) is 19.8 Å². The molecule has 0 aliphatic heterocycles. The van der Waals surface area contributed by atoms with Crippen LogP contribution in [0.25, 0.3) is 5.69 Å². The van der Waals surface area contributed by atoms with Gasteiger partial charge in [0.2, 0.25) is 0 Å². The van der Waals surface area contributed by atoms with Gasteiger partial charge in [0.05, 0.1) is 11.4 Å². The smallest absolute Gasteiger partial charge is 0.251 e. The SMILES string of the molecule is Cc1cc(C)n(-c2ccc(C(=O)N[C@@H](C)C3CC3)cc2)n1. The summed E-state index contributed by atoms with van der Waals surface area (Å²) < 4.78 is 1.89. The van der Waals surface area contributed by atoms with Crippen LogP contribution >= 0.6 is 0 Å². The Kier molecular flexibility index (Phi) is 3.53. The number of nitrogens with one attached hydrogen (secondary N) is 1.